The van der Waals surface area contributed by atoms with Crippen LogP contribution >= 0.6 is 0 Å². The largest absolute Gasteiger partial charge is 0.464 e. The summed E-state index contributed by atoms with van der Waals surface area (Å²) < 4.78 is 4.67. The molecule has 1 aromatic rings. The lowest BCUT2D eigenvalue weighted by molar-refractivity contribution is 0.0594. The number of pyridine rings is 1. The van der Waals surface area contributed by atoms with Crippen molar-refractivity contribution in [3.63, 3.8) is 0 Å². The Labute approximate surface area is 108 Å². The number of esters is 1. The van der Waals surface area contributed by atoms with Crippen LogP contribution in [0.2, 0.25) is 0 Å². The van der Waals surface area contributed by atoms with E-state index in [0.717, 1.165) is 13.0 Å². The molecule has 0 radical (unpaired) electrons. The van der Waals surface area contributed by atoms with Crippen LogP contribution in [0, 0.1) is 0 Å². The van der Waals surface area contributed by atoms with Crippen molar-refractivity contribution in [3.05, 3.63) is 17.8 Å². The van der Waals surface area contributed by atoms with Gasteiger partial charge >= 0.3 is 5.97 Å². The zero-order chi connectivity index (χ0) is 13.7. The average Bonchev–Trinajstić information content (AvgIpc) is 2.35. The fourth-order valence-corrected chi connectivity index (χ4v) is 1.76. The average molecular weight is 251 g/mol. The molecule has 1 aromatic heterocycles. The molecule has 0 unspecified atom stereocenters. The molecule has 0 saturated heterocycles. The van der Waals surface area contributed by atoms with Gasteiger partial charge < -0.3 is 15.4 Å². The van der Waals surface area contributed by atoms with Gasteiger partial charge in [-0.25, -0.2) is 9.78 Å². The van der Waals surface area contributed by atoms with Crippen molar-refractivity contribution in [1.82, 2.24) is 4.98 Å². The molecule has 0 spiro atoms. The second kappa shape index (κ2) is 6.23. The molecule has 0 aliphatic rings. The second-order valence-corrected chi connectivity index (χ2v) is 4.39. The minimum atomic E-state index is -0.448. The van der Waals surface area contributed by atoms with E-state index >= 15 is 0 Å². The van der Waals surface area contributed by atoms with Crippen LogP contribution in [0.4, 0.5) is 11.5 Å². The molecule has 0 bridgehead atoms. The summed E-state index contributed by atoms with van der Waals surface area (Å²) >= 11 is 0. The number of nitrogen functional groups attached to an aromatic ring is 1. The number of hydrogen-bond donors (Lipinski definition) is 1. The first-order valence-corrected chi connectivity index (χ1v) is 6.12. The summed E-state index contributed by atoms with van der Waals surface area (Å²) in [5.74, 6) is 0.200. The van der Waals surface area contributed by atoms with Crippen LogP contribution in [-0.2, 0) is 4.74 Å². The fourth-order valence-electron chi connectivity index (χ4n) is 1.76. The number of hydrogen-bond acceptors (Lipinski definition) is 5. The Morgan fingerprint density at radius 3 is 2.67 bits per heavy atom. The third-order valence-electron chi connectivity index (χ3n) is 2.66. The Kier molecular flexibility index (Phi) is 4.95. The summed E-state index contributed by atoms with van der Waals surface area (Å²) in [6.07, 6.45) is 0.988. The standard InChI is InChI=1S/C13H21N3O2/c1-5-8-16(9(2)3)12-10(14)6-7-11(15-12)13(17)18-4/h6-7,9H,5,8,14H2,1-4H3. The Bertz CT molecular complexity index is 419. The van der Waals surface area contributed by atoms with E-state index in [1.807, 2.05) is 0 Å². The minimum Gasteiger partial charge on any atom is -0.464 e. The highest BCUT2D eigenvalue weighted by molar-refractivity contribution is 5.88. The number of methoxy groups -OCH3 is 1. The zero-order valence-electron chi connectivity index (χ0n) is 11.4. The van der Waals surface area contributed by atoms with Gasteiger partial charge in [0.2, 0.25) is 0 Å². The maximum atomic E-state index is 11.5. The van der Waals surface area contributed by atoms with Crippen LogP contribution in [0.3, 0.4) is 0 Å². The lowest BCUT2D eigenvalue weighted by Crippen LogP contribution is -2.33. The van der Waals surface area contributed by atoms with Crippen LogP contribution in [0.25, 0.3) is 0 Å². The van der Waals surface area contributed by atoms with Gasteiger partial charge in [0.25, 0.3) is 0 Å². The number of nitrogens with two attached hydrogens (primary N) is 1. The lowest BCUT2D eigenvalue weighted by atomic mass is 10.2. The number of carbonyl (C=O) groups is 1. The van der Waals surface area contributed by atoms with Crippen molar-refractivity contribution in [3.8, 4) is 0 Å². The zero-order valence-corrected chi connectivity index (χ0v) is 11.4. The molecule has 0 saturated carbocycles. The Morgan fingerprint density at radius 2 is 2.17 bits per heavy atom. The molecule has 1 heterocycles. The summed E-state index contributed by atoms with van der Waals surface area (Å²) in [5.41, 5.74) is 6.80. The number of nitrogens with zero attached hydrogens (tertiary/aromatic N) is 2. The molecular formula is C13H21N3O2. The Hall–Kier alpha value is -1.78. The monoisotopic (exact) mass is 251 g/mol. The summed E-state index contributed by atoms with van der Waals surface area (Å²) in [6.45, 7) is 7.08. The molecule has 5 heteroatoms. The van der Waals surface area contributed by atoms with Gasteiger partial charge in [-0.1, -0.05) is 6.92 Å². The first kappa shape index (κ1) is 14.3. The van der Waals surface area contributed by atoms with Gasteiger partial charge in [0.15, 0.2) is 11.5 Å². The van der Waals surface area contributed by atoms with E-state index in [4.69, 9.17) is 5.73 Å². The van der Waals surface area contributed by atoms with Gasteiger partial charge in [0.1, 0.15) is 0 Å². The van der Waals surface area contributed by atoms with Crippen LogP contribution in [0.15, 0.2) is 12.1 Å². The smallest absolute Gasteiger partial charge is 0.356 e. The molecule has 0 aliphatic heterocycles. The van der Waals surface area contributed by atoms with Gasteiger partial charge in [0, 0.05) is 12.6 Å². The first-order chi connectivity index (χ1) is 8.51. The number of aromatic nitrogens is 1. The van der Waals surface area contributed by atoms with Crippen LogP contribution < -0.4 is 10.6 Å². The number of rotatable bonds is 5. The molecule has 0 atom stereocenters. The van der Waals surface area contributed by atoms with E-state index in [2.05, 4.69) is 35.4 Å². The van der Waals surface area contributed by atoms with E-state index < -0.39 is 5.97 Å². The molecule has 2 N–H and O–H groups in total. The van der Waals surface area contributed by atoms with Crippen molar-refractivity contribution in [2.24, 2.45) is 0 Å². The highest BCUT2D eigenvalue weighted by Crippen LogP contribution is 2.23. The SMILES string of the molecule is CCCN(c1nc(C(=O)OC)ccc1N)C(C)C. The molecule has 5 nitrogen and oxygen atoms in total. The summed E-state index contributed by atoms with van der Waals surface area (Å²) in [5, 5.41) is 0. The van der Waals surface area contributed by atoms with Gasteiger partial charge in [-0.3, -0.25) is 0 Å². The van der Waals surface area contributed by atoms with Crippen molar-refractivity contribution < 1.29 is 9.53 Å². The minimum absolute atomic E-state index is 0.271. The van der Waals surface area contributed by atoms with E-state index in [0.29, 0.717) is 11.5 Å². The van der Waals surface area contributed by atoms with Crippen molar-refractivity contribution in [1.29, 1.82) is 0 Å². The molecule has 0 aromatic carbocycles. The first-order valence-electron chi connectivity index (χ1n) is 6.12. The van der Waals surface area contributed by atoms with Crippen LogP contribution in [0.1, 0.15) is 37.7 Å². The molecule has 0 amide bonds. The topological polar surface area (TPSA) is 68.5 Å². The summed E-state index contributed by atoms with van der Waals surface area (Å²) in [4.78, 5) is 17.9. The molecule has 18 heavy (non-hydrogen) atoms. The third kappa shape index (κ3) is 3.12. The predicted molar refractivity (Wildman–Crippen MR) is 72.8 cm³/mol. The number of ether oxygens (including phenoxy) is 1. The van der Waals surface area contributed by atoms with Gasteiger partial charge in [-0.05, 0) is 32.4 Å². The fraction of sp³-hybridized carbons (Fsp3) is 0.538. The van der Waals surface area contributed by atoms with E-state index in [9.17, 15) is 4.79 Å². The molecule has 100 valence electrons. The van der Waals surface area contributed by atoms with E-state index in [1.165, 1.54) is 7.11 Å². The predicted octanol–water partition coefficient (Wildman–Crippen LogP) is 2.08. The quantitative estimate of drug-likeness (QED) is 0.811. The normalized spacial score (nSPS) is 10.5. The third-order valence-corrected chi connectivity index (χ3v) is 2.66. The van der Waals surface area contributed by atoms with Gasteiger partial charge in [-0.15, -0.1) is 0 Å². The Morgan fingerprint density at radius 1 is 1.50 bits per heavy atom. The lowest BCUT2D eigenvalue weighted by Gasteiger charge is -2.28. The van der Waals surface area contributed by atoms with Gasteiger partial charge in [0.05, 0.1) is 12.8 Å². The van der Waals surface area contributed by atoms with Crippen molar-refractivity contribution >= 4 is 17.5 Å². The highest BCUT2D eigenvalue weighted by Gasteiger charge is 2.17. The van der Waals surface area contributed by atoms with Gasteiger partial charge in [-0.2, -0.15) is 0 Å². The van der Waals surface area contributed by atoms with Crippen molar-refractivity contribution in [2.75, 3.05) is 24.3 Å². The van der Waals surface area contributed by atoms with E-state index in [1.54, 1.807) is 12.1 Å². The van der Waals surface area contributed by atoms with Crippen LogP contribution in [0.5, 0.6) is 0 Å². The maximum Gasteiger partial charge on any atom is 0.356 e. The maximum absolute atomic E-state index is 11.5. The molecule has 0 fully saturated rings. The number of carbonyl (C=O) groups excluding carboxylic acids is 1. The molecule has 1 rings (SSSR count). The highest BCUT2D eigenvalue weighted by atomic mass is 16.5. The summed E-state index contributed by atoms with van der Waals surface area (Å²) in [6, 6.07) is 3.54. The Balaban J connectivity index is 3.16. The van der Waals surface area contributed by atoms with E-state index in [-0.39, 0.29) is 11.7 Å². The second-order valence-electron chi connectivity index (χ2n) is 4.39. The molecular weight excluding hydrogens is 230 g/mol. The van der Waals surface area contributed by atoms with Crippen molar-refractivity contribution in [2.45, 2.75) is 33.2 Å². The number of anilines is 2. The van der Waals surface area contributed by atoms with Crippen LogP contribution in [-0.4, -0.2) is 30.6 Å². The molecule has 0 aliphatic carbocycles. The summed E-state index contributed by atoms with van der Waals surface area (Å²) in [7, 11) is 1.34.